The molecular weight excluding hydrogens is 352 g/mol. The van der Waals surface area contributed by atoms with Crippen LogP contribution in [0.25, 0.3) is 0 Å². The molecule has 2 N–H and O–H groups in total. The molecule has 0 aromatic heterocycles. The average Bonchev–Trinajstić information content (AvgIpc) is 2.63. The van der Waals surface area contributed by atoms with Crippen LogP contribution >= 0.6 is 0 Å². The second-order valence-corrected chi connectivity index (χ2v) is 6.61. The summed E-state index contributed by atoms with van der Waals surface area (Å²) < 4.78 is 5.23. The first-order valence-corrected chi connectivity index (χ1v) is 9.86. The van der Waals surface area contributed by atoms with Crippen molar-refractivity contribution in [3.8, 4) is 0 Å². The third kappa shape index (κ3) is 10.9. The summed E-state index contributed by atoms with van der Waals surface area (Å²) in [6.45, 7) is 11.7. The fraction of sp³-hybridized carbons (Fsp3) is 0.842. The Morgan fingerprint density at radius 3 is 2.19 bits per heavy atom. The van der Waals surface area contributed by atoms with Crippen molar-refractivity contribution in [2.24, 2.45) is 0 Å². The molecular formula is C19H36N2O6. The molecule has 2 heterocycles. The van der Waals surface area contributed by atoms with Crippen molar-refractivity contribution < 1.29 is 29.3 Å². The molecule has 2 rings (SSSR count). The number of ether oxygens (including phenoxy) is 1. The summed E-state index contributed by atoms with van der Waals surface area (Å²) in [5.41, 5.74) is 0. The lowest BCUT2D eigenvalue weighted by atomic mass is 10.0. The van der Waals surface area contributed by atoms with E-state index in [0.29, 0.717) is 19.1 Å². The summed E-state index contributed by atoms with van der Waals surface area (Å²) in [6, 6.07) is 0.568. The summed E-state index contributed by atoms with van der Waals surface area (Å²) in [6.07, 6.45) is 2.98. The van der Waals surface area contributed by atoms with Gasteiger partial charge in [-0.25, -0.2) is 0 Å². The lowest BCUT2D eigenvalue weighted by molar-refractivity contribution is -0.145. The molecule has 8 heteroatoms. The van der Waals surface area contributed by atoms with Crippen LogP contribution < -0.4 is 0 Å². The van der Waals surface area contributed by atoms with E-state index in [1.165, 1.54) is 0 Å². The predicted octanol–water partition coefficient (Wildman–Crippen LogP) is 2.07. The zero-order chi connectivity index (χ0) is 20.8. The molecule has 0 spiro atoms. The predicted molar refractivity (Wildman–Crippen MR) is 103 cm³/mol. The van der Waals surface area contributed by atoms with Crippen molar-refractivity contribution in [2.75, 3.05) is 32.8 Å². The molecule has 8 nitrogen and oxygen atoms in total. The van der Waals surface area contributed by atoms with E-state index in [2.05, 4.69) is 11.8 Å². The number of carbonyl (C=O) groups excluding carboxylic acids is 1. The van der Waals surface area contributed by atoms with Gasteiger partial charge in [0.1, 0.15) is 6.42 Å². The maximum atomic E-state index is 11.4. The van der Waals surface area contributed by atoms with Crippen LogP contribution in [0.2, 0.25) is 0 Å². The lowest BCUT2D eigenvalue weighted by Crippen LogP contribution is -2.44. The Kier molecular flexibility index (Phi) is 13.5. The van der Waals surface area contributed by atoms with Gasteiger partial charge in [0.2, 0.25) is 5.91 Å². The van der Waals surface area contributed by atoms with Crippen LogP contribution in [-0.4, -0.2) is 82.8 Å². The SMILES string of the molecule is CC.CC1CCCCN1C(=O)CC(=O)O.CC1COCCN1CCC(=O)O. The molecule has 0 saturated carbocycles. The van der Waals surface area contributed by atoms with E-state index in [1.54, 1.807) is 4.90 Å². The quantitative estimate of drug-likeness (QED) is 0.694. The molecule has 0 aromatic rings. The molecule has 2 fully saturated rings. The number of hydrogen-bond donors (Lipinski definition) is 2. The van der Waals surface area contributed by atoms with Crippen LogP contribution in [0.4, 0.5) is 0 Å². The molecule has 2 unspecified atom stereocenters. The van der Waals surface area contributed by atoms with E-state index in [1.807, 2.05) is 20.8 Å². The van der Waals surface area contributed by atoms with Gasteiger partial charge in [0.05, 0.1) is 19.6 Å². The van der Waals surface area contributed by atoms with Gasteiger partial charge in [-0.3, -0.25) is 19.3 Å². The van der Waals surface area contributed by atoms with Crippen molar-refractivity contribution in [3.63, 3.8) is 0 Å². The smallest absolute Gasteiger partial charge is 0.312 e. The van der Waals surface area contributed by atoms with E-state index < -0.39 is 11.9 Å². The number of morpholine rings is 1. The molecule has 2 aliphatic heterocycles. The normalized spacial score (nSPS) is 22.6. The highest BCUT2D eigenvalue weighted by Crippen LogP contribution is 2.17. The Labute approximate surface area is 162 Å². The largest absolute Gasteiger partial charge is 0.481 e. The minimum absolute atomic E-state index is 0.209. The molecule has 1 amide bonds. The first-order valence-electron chi connectivity index (χ1n) is 9.86. The number of carboxylic acid groups (broad SMARTS) is 2. The number of carboxylic acids is 2. The lowest BCUT2D eigenvalue weighted by Gasteiger charge is -2.33. The van der Waals surface area contributed by atoms with E-state index in [0.717, 1.165) is 39.0 Å². The summed E-state index contributed by atoms with van der Waals surface area (Å²) in [5, 5.41) is 16.9. The maximum absolute atomic E-state index is 11.4. The maximum Gasteiger partial charge on any atom is 0.312 e. The van der Waals surface area contributed by atoms with Crippen molar-refractivity contribution in [2.45, 2.75) is 71.9 Å². The fourth-order valence-corrected chi connectivity index (χ4v) is 3.03. The van der Waals surface area contributed by atoms with Crippen LogP contribution in [-0.2, 0) is 19.1 Å². The Morgan fingerprint density at radius 2 is 1.67 bits per heavy atom. The number of aliphatic carboxylic acids is 2. The Morgan fingerprint density at radius 1 is 1.00 bits per heavy atom. The zero-order valence-corrected chi connectivity index (χ0v) is 17.1. The van der Waals surface area contributed by atoms with Crippen LogP contribution in [0.5, 0.6) is 0 Å². The second-order valence-electron chi connectivity index (χ2n) is 6.61. The molecule has 2 atom stereocenters. The van der Waals surface area contributed by atoms with Gasteiger partial charge in [-0.15, -0.1) is 0 Å². The Balaban J connectivity index is 0.000000460. The molecule has 0 aromatic carbocycles. The first kappa shape index (κ1) is 25.3. The summed E-state index contributed by atoms with van der Waals surface area (Å²) >= 11 is 0. The Bertz CT molecular complexity index is 457. The number of likely N-dealkylation sites (tertiary alicyclic amines) is 1. The van der Waals surface area contributed by atoms with Gasteiger partial charge >= 0.3 is 11.9 Å². The van der Waals surface area contributed by atoms with Crippen molar-refractivity contribution in [1.82, 2.24) is 9.80 Å². The van der Waals surface area contributed by atoms with E-state index in [-0.39, 0.29) is 24.8 Å². The standard InChI is InChI=1S/C9H15NO3.C8H15NO3.C2H6/c1-7-4-2-3-5-10(7)8(11)6-9(12)13;1-7-6-12-5-4-9(7)3-2-8(10)11;1-2/h7H,2-6H2,1H3,(H,12,13);7H,2-6H2,1H3,(H,10,11);1-2H3. The third-order valence-corrected chi connectivity index (χ3v) is 4.54. The van der Waals surface area contributed by atoms with Crippen molar-refractivity contribution in [1.29, 1.82) is 0 Å². The number of rotatable bonds is 5. The highest BCUT2D eigenvalue weighted by molar-refractivity contribution is 5.93. The highest BCUT2D eigenvalue weighted by atomic mass is 16.5. The molecule has 158 valence electrons. The fourth-order valence-electron chi connectivity index (χ4n) is 3.03. The third-order valence-electron chi connectivity index (χ3n) is 4.54. The van der Waals surface area contributed by atoms with Gasteiger partial charge in [0.25, 0.3) is 0 Å². The topological polar surface area (TPSA) is 107 Å². The second kappa shape index (κ2) is 14.4. The average molecular weight is 389 g/mol. The van der Waals surface area contributed by atoms with E-state index in [9.17, 15) is 14.4 Å². The molecule has 0 bridgehead atoms. The number of hydrogen-bond acceptors (Lipinski definition) is 5. The zero-order valence-electron chi connectivity index (χ0n) is 17.1. The number of amides is 1. The monoisotopic (exact) mass is 388 g/mol. The van der Waals surface area contributed by atoms with Gasteiger partial charge in [0, 0.05) is 31.7 Å². The molecule has 2 saturated heterocycles. The van der Waals surface area contributed by atoms with Gasteiger partial charge in [0.15, 0.2) is 0 Å². The number of piperidine rings is 1. The van der Waals surface area contributed by atoms with Crippen LogP contribution in [0, 0.1) is 0 Å². The molecule has 27 heavy (non-hydrogen) atoms. The summed E-state index contributed by atoms with van der Waals surface area (Å²) in [7, 11) is 0. The molecule has 2 aliphatic rings. The van der Waals surface area contributed by atoms with Gasteiger partial charge in [-0.05, 0) is 33.1 Å². The Hall–Kier alpha value is -1.67. The van der Waals surface area contributed by atoms with Gasteiger partial charge in [-0.1, -0.05) is 13.8 Å². The van der Waals surface area contributed by atoms with Gasteiger partial charge < -0.3 is 19.8 Å². The van der Waals surface area contributed by atoms with E-state index in [4.69, 9.17) is 14.9 Å². The summed E-state index contributed by atoms with van der Waals surface area (Å²) in [4.78, 5) is 35.8. The highest BCUT2D eigenvalue weighted by Gasteiger charge is 2.24. The van der Waals surface area contributed by atoms with Crippen molar-refractivity contribution >= 4 is 17.8 Å². The molecule has 0 aliphatic carbocycles. The molecule has 0 radical (unpaired) electrons. The van der Waals surface area contributed by atoms with Crippen molar-refractivity contribution in [3.05, 3.63) is 0 Å². The van der Waals surface area contributed by atoms with Crippen LogP contribution in [0.3, 0.4) is 0 Å². The first-order chi connectivity index (χ1) is 12.8. The summed E-state index contributed by atoms with van der Waals surface area (Å²) in [5.74, 6) is -2.02. The number of nitrogens with zero attached hydrogens (tertiary/aromatic N) is 2. The number of carbonyl (C=O) groups is 3. The van der Waals surface area contributed by atoms with Crippen LogP contribution in [0.15, 0.2) is 0 Å². The minimum atomic E-state index is -1.04. The van der Waals surface area contributed by atoms with Crippen LogP contribution in [0.1, 0.15) is 59.8 Å². The van der Waals surface area contributed by atoms with E-state index >= 15 is 0 Å². The minimum Gasteiger partial charge on any atom is -0.481 e. The van der Waals surface area contributed by atoms with Gasteiger partial charge in [-0.2, -0.15) is 0 Å².